The van der Waals surface area contributed by atoms with E-state index in [4.69, 9.17) is 9.47 Å². The van der Waals surface area contributed by atoms with Crippen LogP contribution in [-0.2, 0) is 9.47 Å². The van der Waals surface area contributed by atoms with E-state index in [-0.39, 0.29) is 17.4 Å². The van der Waals surface area contributed by atoms with E-state index in [2.05, 4.69) is 4.98 Å². The van der Waals surface area contributed by atoms with Crippen molar-refractivity contribution in [1.29, 1.82) is 0 Å². The molecule has 3 heterocycles. The highest BCUT2D eigenvalue weighted by molar-refractivity contribution is 5.92. The molecule has 1 aromatic rings. The third-order valence-corrected chi connectivity index (χ3v) is 5.82. The molecule has 3 aliphatic rings. The van der Waals surface area contributed by atoms with Gasteiger partial charge in [0.1, 0.15) is 5.69 Å². The zero-order chi connectivity index (χ0) is 17.3. The average Bonchev–Trinajstić information content (AvgIpc) is 3.45. The lowest BCUT2D eigenvalue weighted by molar-refractivity contribution is -0.147. The van der Waals surface area contributed by atoms with E-state index in [0.717, 1.165) is 57.2 Å². The van der Waals surface area contributed by atoms with E-state index < -0.39 is 0 Å². The fraction of sp³-hybridized carbons (Fsp3) is 0.700. The molecule has 1 aromatic heterocycles. The molecule has 3 fully saturated rings. The number of hydrogen-bond donors (Lipinski definition) is 0. The van der Waals surface area contributed by atoms with Gasteiger partial charge in [-0.25, -0.2) is 4.98 Å². The highest BCUT2D eigenvalue weighted by Gasteiger charge is 2.47. The molecule has 5 heteroatoms. The van der Waals surface area contributed by atoms with E-state index in [9.17, 15) is 4.79 Å². The summed E-state index contributed by atoms with van der Waals surface area (Å²) in [6.45, 7) is 5.79. The van der Waals surface area contributed by atoms with Gasteiger partial charge in [0.2, 0.25) is 0 Å². The molecule has 136 valence electrons. The topological polar surface area (TPSA) is 51.7 Å². The second-order valence-electron chi connectivity index (χ2n) is 7.96. The molecular weight excluding hydrogens is 316 g/mol. The lowest BCUT2D eigenvalue weighted by Gasteiger charge is -2.50. The van der Waals surface area contributed by atoms with Crippen LogP contribution in [0.2, 0.25) is 0 Å². The molecule has 2 saturated heterocycles. The van der Waals surface area contributed by atoms with E-state index >= 15 is 0 Å². The van der Waals surface area contributed by atoms with Crippen LogP contribution in [-0.4, -0.2) is 54.8 Å². The minimum absolute atomic E-state index is 0.0364. The largest absolute Gasteiger partial charge is 0.380 e. The van der Waals surface area contributed by atoms with Crippen molar-refractivity contribution in [2.75, 3.05) is 32.9 Å². The fourth-order valence-electron chi connectivity index (χ4n) is 4.21. The van der Waals surface area contributed by atoms with Crippen LogP contribution >= 0.6 is 0 Å². The number of amides is 1. The number of piperidine rings is 1. The number of rotatable bonds is 5. The third-order valence-electron chi connectivity index (χ3n) is 5.82. The number of aromatic nitrogens is 1. The Balaban J connectivity index is 1.47. The minimum atomic E-state index is -0.0507. The first-order valence-corrected chi connectivity index (χ1v) is 9.59. The molecule has 1 aliphatic carbocycles. The Morgan fingerprint density at radius 1 is 1.40 bits per heavy atom. The number of likely N-dealkylation sites (tertiary alicyclic amines) is 1. The van der Waals surface area contributed by atoms with Gasteiger partial charge in [-0.15, -0.1) is 0 Å². The standard InChI is InChI=1S/C20H28N2O3/c1-15-4-2-5-17(21-15)19(23)22-10-8-18-20(13-22,9-3-11-25-18)14-24-12-16-6-7-16/h2,4-5,16,18H,3,6-14H2,1H3/t18-,20+/m1/s1. The van der Waals surface area contributed by atoms with Gasteiger partial charge in [-0.2, -0.15) is 0 Å². The summed E-state index contributed by atoms with van der Waals surface area (Å²) in [6.07, 6.45) is 5.84. The molecule has 2 atom stereocenters. The molecule has 0 spiro atoms. The van der Waals surface area contributed by atoms with E-state index in [1.807, 2.05) is 30.0 Å². The maximum atomic E-state index is 12.9. The summed E-state index contributed by atoms with van der Waals surface area (Å²) in [4.78, 5) is 19.3. The Morgan fingerprint density at radius 3 is 3.08 bits per heavy atom. The molecule has 0 aromatic carbocycles. The number of carbonyl (C=O) groups is 1. The van der Waals surface area contributed by atoms with Crippen LogP contribution in [0.15, 0.2) is 18.2 Å². The average molecular weight is 344 g/mol. The maximum absolute atomic E-state index is 12.9. The Kier molecular flexibility index (Phi) is 4.78. The Hall–Kier alpha value is -1.46. The first-order valence-electron chi connectivity index (χ1n) is 9.59. The minimum Gasteiger partial charge on any atom is -0.380 e. The molecule has 1 amide bonds. The zero-order valence-electron chi connectivity index (χ0n) is 15.1. The lowest BCUT2D eigenvalue weighted by atomic mass is 9.73. The summed E-state index contributed by atoms with van der Waals surface area (Å²) in [7, 11) is 0. The third kappa shape index (κ3) is 3.72. The molecule has 4 rings (SSSR count). The molecule has 1 saturated carbocycles. The first kappa shape index (κ1) is 17.0. The highest BCUT2D eigenvalue weighted by atomic mass is 16.5. The smallest absolute Gasteiger partial charge is 0.272 e. The molecule has 5 nitrogen and oxygen atoms in total. The van der Waals surface area contributed by atoms with Gasteiger partial charge in [-0.3, -0.25) is 4.79 Å². The SMILES string of the molecule is Cc1cccc(C(=O)N2CC[C@H]3OCCC[C@@]3(COCC3CC3)C2)n1. The van der Waals surface area contributed by atoms with Crippen LogP contribution in [0.3, 0.4) is 0 Å². The van der Waals surface area contributed by atoms with Gasteiger partial charge < -0.3 is 14.4 Å². The number of pyridine rings is 1. The first-order chi connectivity index (χ1) is 12.2. The molecule has 0 bridgehead atoms. The Morgan fingerprint density at radius 2 is 2.28 bits per heavy atom. The molecule has 0 radical (unpaired) electrons. The van der Waals surface area contributed by atoms with Gasteiger partial charge in [0, 0.05) is 37.4 Å². The Labute approximate surface area is 149 Å². The van der Waals surface area contributed by atoms with Crippen molar-refractivity contribution >= 4 is 5.91 Å². The lowest BCUT2D eigenvalue weighted by Crippen LogP contribution is -2.58. The molecule has 0 N–H and O–H groups in total. The second kappa shape index (κ2) is 7.04. The van der Waals surface area contributed by atoms with Gasteiger partial charge in [-0.05, 0) is 57.1 Å². The van der Waals surface area contributed by atoms with Gasteiger partial charge >= 0.3 is 0 Å². The van der Waals surface area contributed by atoms with Crippen LogP contribution < -0.4 is 0 Å². The number of nitrogens with zero attached hydrogens (tertiary/aromatic N) is 2. The van der Waals surface area contributed by atoms with Crippen molar-refractivity contribution in [2.45, 2.75) is 45.1 Å². The maximum Gasteiger partial charge on any atom is 0.272 e. The van der Waals surface area contributed by atoms with Crippen LogP contribution in [0, 0.1) is 18.3 Å². The molecular formula is C20H28N2O3. The quantitative estimate of drug-likeness (QED) is 0.824. The monoisotopic (exact) mass is 344 g/mol. The predicted molar refractivity (Wildman–Crippen MR) is 94.4 cm³/mol. The van der Waals surface area contributed by atoms with Crippen molar-refractivity contribution in [1.82, 2.24) is 9.88 Å². The van der Waals surface area contributed by atoms with Crippen LogP contribution in [0.5, 0.6) is 0 Å². The fourth-order valence-corrected chi connectivity index (χ4v) is 4.21. The van der Waals surface area contributed by atoms with Crippen molar-refractivity contribution < 1.29 is 14.3 Å². The highest BCUT2D eigenvalue weighted by Crippen LogP contribution is 2.41. The van der Waals surface area contributed by atoms with Crippen LogP contribution in [0.25, 0.3) is 0 Å². The number of hydrogen-bond acceptors (Lipinski definition) is 4. The van der Waals surface area contributed by atoms with E-state index in [1.54, 1.807) is 0 Å². The van der Waals surface area contributed by atoms with Crippen molar-refractivity contribution in [3.05, 3.63) is 29.6 Å². The Bertz CT molecular complexity index is 631. The predicted octanol–water partition coefficient (Wildman–Crippen LogP) is 2.83. The second-order valence-corrected chi connectivity index (χ2v) is 7.96. The number of carbonyl (C=O) groups excluding carboxylic acids is 1. The van der Waals surface area contributed by atoms with E-state index in [0.29, 0.717) is 12.3 Å². The van der Waals surface area contributed by atoms with Gasteiger partial charge in [0.15, 0.2) is 0 Å². The zero-order valence-corrected chi connectivity index (χ0v) is 15.1. The van der Waals surface area contributed by atoms with Gasteiger partial charge in [0.05, 0.1) is 12.7 Å². The molecule has 25 heavy (non-hydrogen) atoms. The van der Waals surface area contributed by atoms with Crippen molar-refractivity contribution in [3.63, 3.8) is 0 Å². The van der Waals surface area contributed by atoms with Gasteiger partial charge in [-0.1, -0.05) is 6.07 Å². The summed E-state index contributed by atoms with van der Waals surface area (Å²) in [6, 6.07) is 5.64. The van der Waals surface area contributed by atoms with Crippen LogP contribution in [0.4, 0.5) is 0 Å². The summed E-state index contributed by atoms with van der Waals surface area (Å²) in [5, 5.41) is 0. The summed E-state index contributed by atoms with van der Waals surface area (Å²) < 4.78 is 12.2. The molecule has 2 aliphatic heterocycles. The molecule has 0 unspecified atom stereocenters. The number of ether oxygens (including phenoxy) is 2. The van der Waals surface area contributed by atoms with Crippen LogP contribution in [0.1, 0.15) is 48.3 Å². The summed E-state index contributed by atoms with van der Waals surface area (Å²) in [5.41, 5.74) is 1.37. The number of fused-ring (bicyclic) bond motifs is 1. The summed E-state index contributed by atoms with van der Waals surface area (Å²) >= 11 is 0. The van der Waals surface area contributed by atoms with E-state index in [1.165, 1.54) is 12.8 Å². The normalized spacial score (nSPS) is 29.3. The number of aryl methyl sites for hydroxylation is 1. The van der Waals surface area contributed by atoms with Crippen molar-refractivity contribution in [2.24, 2.45) is 11.3 Å². The van der Waals surface area contributed by atoms with Gasteiger partial charge in [0.25, 0.3) is 5.91 Å². The van der Waals surface area contributed by atoms with Crippen molar-refractivity contribution in [3.8, 4) is 0 Å². The summed E-state index contributed by atoms with van der Waals surface area (Å²) in [5.74, 6) is 0.798.